The lowest BCUT2D eigenvalue weighted by molar-refractivity contribution is 0.0672. The van der Waals surface area contributed by atoms with Crippen molar-refractivity contribution in [2.24, 2.45) is 0 Å². The Bertz CT molecular complexity index is 685. The van der Waals surface area contributed by atoms with E-state index in [1.807, 2.05) is 43.3 Å². The Balaban J connectivity index is 0.00000208. The van der Waals surface area contributed by atoms with Gasteiger partial charge in [-0.2, -0.15) is 0 Å². The van der Waals surface area contributed by atoms with Crippen molar-refractivity contribution in [1.29, 1.82) is 0 Å². The number of carbonyl (C=O) groups excluding carboxylic acids is 1. The second-order valence-electron chi connectivity index (χ2n) is 5.99. The average Bonchev–Trinajstić information content (AvgIpc) is 3.09. The van der Waals surface area contributed by atoms with Gasteiger partial charge in [-0.3, -0.25) is 4.79 Å². The summed E-state index contributed by atoms with van der Waals surface area (Å²) < 4.78 is 5.82. The predicted octanol–water partition coefficient (Wildman–Crippen LogP) is 3.65. The normalized spacial score (nSPS) is 17.8. The molecule has 128 valence electrons. The van der Waals surface area contributed by atoms with Gasteiger partial charge in [0.1, 0.15) is 0 Å². The van der Waals surface area contributed by atoms with Crippen molar-refractivity contribution >= 4 is 24.0 Å². The number of benzene rings is 2. The van der Waals surface area contributed by atoms with E-state index in [0.717, 1.165) is 30.6 Å². The minimum absolute atomic E-state index is 0. The summed E-state index contributed by atoms with van der Waals surface area (Å²) in [7, 11) is 0. The van der Waals surface area contributed by atoms with Crippen LogP contribution in [0, 0.1) is 6.92 Å². The summed E-state index contributed by atoms with van der Waals surface area (Å²) in [4.78, 5) is 12.7. The Hall–Kier alpha value is -2.04. The third kappa shape index (κ3) is 4.08. The maximum absolute atomic E-state index is 12.7. The highest BCUT2D eigenvalue weighted by molar-refractivity contribution is 5.96. The Labute approximate surface area is 148 Å². The lowest BCUT2D eigenvalue weighted by Gasteiger charge is -2.25. The molecule has 0 saturated carbocycles. The number of rotatable bonds is 4. The van der Waals surface area contributed by atoms with Crippen molar-refractivity contribution in [3.63, 3.8) is 0 Å². The fourth-order valence-corrected chi connectivity index (χ4v) is 3.02. The summed E-state index contributed by atoms with van der Waals surface area (Å²) in [6, 6.07) is 15.2. The molecule has 3 rings (SSSR count). The standard InChI is InChI=1S/C19H22N2O2.ClH/c1-13-9-10-15(20)12-16(13)19(22)21-18(17-8-5-11-23-17)14-6-3-2-4-7-14;/h2-4,6-7,9-10,12,17-18H,5,8,11,20H2,1H3,(H,21,22);1H. The molecule has 3 N–H and O–H groups in total. The van der Waals surface area contributed by atoms with Gasteiger partial charge in [-0.15, -0.1) is 12.4 Å². The Morgan fingerprint density at radius 1 is 1.25 bits per heavy atom. The molecule has 0 bridgehead atoms. The van der Waals surface area contributed by atoms with Crippen LogP contribution in [0.4, 0.5) is 5.69 Å². The van der Waals surface area contributed by atoms with E-state index in [1.165, 1.54) is 0 Å². The zero-order chi connectivity index (χ0) is 16.2. The smallest absolute Gasteiger partial charge is 0.252 e. The molecule has 0 aromatic heterocycles. The van der Waals surface area contributed by atoms with Gasteiger partial charge in [0, 0.05) is 17.9 Å². The Kier molecular flexibility index (Phi) is 6.23. The number of amides is 1. The van der Waals surface area contributed by atoms with Crippen LogP contribution in [0.25, 0.3) is 0 Å². The van der Waals surface area contributed by atoms with Crippen LogP contribution in [0.5, 0.6) is 0 Å². The topological polar surface area (TPSA) is 64.4 Å². The quantitative estimate of drug-likeness (QED) is 0.830. The number of nitrogens with one attached hydrogen (secondary N) is 1. The molecule has 1 saturated heterocycles. The molecule has 0 radical (unpaired) electrons. The molecule has 1 aliphatic heterocycles. The molecule has 0 aliphatic carbocycles. The molecule has 1 aliphatic rings. The summed E-state index contributed by atoms with van der Waals surface area (Å²) >= 11 is 0. The van der Waals surface area contributed by atoms with Gasteiger partial charge in [0.25, 0.3) is 5.91 Å². The first-order valence-electron chi connectivity index (χ1n) is 7.98. The number of anilines is 1. The molecule has 1 amide bonds. The van der Waals surface area contributed by atoms with E-state index < -0.39 is 0 Å². The number of nitrogens with two attached hydrogens (primary N) is 1. The molecule has 0 spiro atoms. The van der Waals surface area contributed by atoms with Crippen LogP contribution >= 0.6 is 12.4 Å². The highest BCUT2D eigenvalue weighted by Gasteiger charge is 2.29. The lowest BCUT2D eigenvalue weighted by atomic mass is 9.98. The van der Waals surface area contributed by atoms with Crippen LogP contribution in [0.2, 0.25) is 0 Å². The number of carbonyl (C=O) groups is 1. The highest BCUT2D eigenvalue weighted by atomic mass is 35.5. The van der Waals surface area contributed by atoms with Crippen molar-refractivity contribution in [1.82, 2.24) is 5.32 Å². The number of hydrogen-bond acceptors (Lipinski definition) is 3. The first kappa shape index (κ1) is 18.3. The molecule has 24 heavy (non-hydrogen) atoms. The zero-order valence-electron chi connectivity index (χ0n) is 13.7. The van der Waals surface area contributed by atoms with Gasteiger partial charge >= 0.3 is 0 Å². The van der Waals surface area contributed by atoms with Gasteiger partial charge in [-0.25, -0.2) is 0 Å². The molecular weight excluding hydrogens is 324 g/mol. The largest absolute Gasteiger partial charge is 0.399 e. The third-order valence-corrected chi connectivity index (χ3v) is 4.29. The van der Waals surface area contributed by atoms with Crippen molar-refractivity contribution in [2.75, 3.05) is 12.3 Å². The second-order valence-corrected chi connectivity index (χ2v) is 5.99. The summed E-state index contributed by atoms with van der Waals surface area (Å²) in [6.45, 7) is 2.67. The van der Waals surface area contributed by atoms with E-state index in [0.29, 0.717) is 11.3 Å². The van der Waals surface area contributed by atoms with Crippen molar-refractivity contribution in [3.8, 4) is 0 Å². The van der Waals surface area contributed by atoms with Crippen LogP contribution in [0.1, 0.15) is 40.4 Å². The molecule has 2 atom stereocenters. The van der Waals surface area contributed by atoms with E-state index >= 15 is 0 Å². The summed E-state index contributed by atoms with van der Waals surface area (Å²) in [6.07, 6.45) is 2.00. The van der Waals surface area contributed by atoms with Gasteiger partial charge in [0.05, 0.1) is 12.1 Å². The van der Waals surface area contributed by atoms with Gasteiger partial charge in [-0.1, -0.05) is 36.4 Å². The van der Waals surface area contributed by atoms with Crippen molar-refractivity contribution in [2.45, 2.75) is 31.9 Å². The average molecular weight is 347 g/mol. The Morgan fingerprint density at radius 3 is 2.67 bits per heavy atom. The monoisotopic (exact) mass is 346 g/mol. The summed E-state index contributed by atoms with van der Waals surface area (Å²) in [5, 5.41) is 3.14. The summed E-state index contributed by atoms with van der Waals surface area (Å²) in [5.41, 5.74) is 9.01. The first-order chi connectivity index (χ1) is 11.1. The van der Waals surface area contributed by atoms with E-state index in [9.17, 15) is 4.79 Å². The van der Waals surface area contributed by atoms with Crippen LogP contribution in [-0.4, -0.2) is 18.6 Å². The lowest BCUT2D eigenvalue weighted by Crippen LogP contribution is -2.36. The number of aryl methyl sites for hydroxylation is 1. The SMILES string of the molecule is Cc1ccc(N)cc1C(=O)NC(c1ccccc1)C1CCCO1.Cl. The summed E-state index contributed by atoms with van der Waals surface area (Å²) in [5.74, 6) is -0.112. The van der Waals surface area contributed by atoms with Crippen molar-refractivity contribution < 1.29 is 9.53 Å². The number of hydrogen-bond donors (Lipinski definition) is 2. The minimum atomic E-state index is -0.146. The molecule has 1 heterocycles. The fraction of sp³-hybridized carbons (Fsp3) is 0.316. The van der Waals surface area contributed by atoms with Gasteiger partial charge < -0.3 is 15.8 Å². The molecular formula is C19H23ClN2O2. The van der Waals surface area contributed by atoms with E-state index in [2.05, 4.69) is 5.32 Å². The van der Waals surface area contributed by atoms with E-state index in [1.54, 1.807) is 12.1 Å². The van der Waals surface area contributed by atoms with Gasteiger partial charge in [0.2, 0.25) is 0 Å². The second kappa shape index (κ2) is 8.18. The number of ether oxygens (including phenoxy) is 1. The van der Waals surface area contributed by atoms with Gasteiger partial charge in [0.15, 0.2) is 0 Å². The molecule has 2 aromatic carbocycles. The molecule has 4 nitrogen and oxygen atoms in total. The van der Waals surface area contributed by atoms with Crippen LogP contribution in [0.15, 0.2) is 48.5 Å². The number of nitrogen functional groups attached to an aromatic ring is 1. The molecule has 2 aromatic rings. The predicted molar refractivity (Wildman–Crippen MR) is 98.5 cm³/mol. The van der Waals surface area contributed by atoms with Crippen LogP contribution < -0.4 is 11.1 Å². The fourth-order valence-electron chi connectivity index (χ4n) is 3.02. The Morgan fingerprint density at radius 2 is 2.00 bits per heavy atom. The minimum Gasteiger partial charge on any atom is -0.399 e. The van der Waals surface area contributed by atoms with E-state index in [4.69, 9.17) is 10.5 Å². The highest BCUT2D eigenvalue weighted by Crippen LogP contribution is 2.27. The number of halogens is 1. The molecule has 1 fully saturated rings. The van der Waals surface area contributed by atoms with Crippen LogP contribution in [0.3, 0.4) is 0 Å². The molecule has 2 unspecified atom stereocenters. The van der Waals surface area contributed by atoms with Gasteiger partial charge in [-0.05, 0) is 43.0 Å². The van der Waals surface area contributed by atoms with Crippen molar-refractivity contribution in [3.05, 3.63) is 65.2 Å². The van der Waals surface area contributed by atoms with E-state index in [-0.39, 0.29) is 30.5 Å². The maximum atomic E-state index is 12.7. The zero-order valence-corrected chi connectivity index (χ0v) is 14.5. The van der Waals surface area contributed by atoms with Crippen LogP contribution in [-0.2, 0) is 4.74 Å². The molecule has 5 heteroatoms. The maximum Gasteiger partial charge on any atom is 0.252 e. The first-order valence-corrected chi connectivity index (χ1v) is 7.98. The third-order valence-electron chi connectivity index (χ3n) is 4.29.